The Kier molecular flexibility index (Phi) is 7.07. The lowest BCUT2D eigenvalue weighted by Crippen LogP contribution is -3.00. The number of benzene rings is 4. The maximum absolute atomic E-state index is 2.74. The van der Waals surface area contributed by atoms with Crippen LogP contribution in [0.4, 0.5) is 0 Å². The molecular weight excluding hydrogens is 573 g/mol. The fourth-order valence-electron chi connectivity index (χ4n) is 3.30. The lowest BCUT2D eigenvalue weighted by atomic mass is 10.1. The predicted molar refractivity (Wildman–Crippen MR) is 125 cm³/mol. The van der Waals surface area contributed by atoms with Crippen LogP contribution in [-0.2, 0) is 0 Å². The highest BCUT2D eigenvalue weighted by atomic mass is 127. The van der Waals surface area contributed by atoms with Gasteiger partial charge in [-0.25, -0.2) is 0 Å². The Morgan fingerprint density at radius 2 is 0.889 bits per heavy atom. The van der Waals surface area contributed by atoms with Gasteiger partial charge in [0, 0.05) is 5.56 Å². The van der Waals surface area contributed by atoms with E-state index in [9.17, 15) is 0 Å². The van der Waals surface area contributed by atoms with E-state index < -0.39 is 4.90 Å². The van der Waals surface area contributed by atoms with Gasteiger partial charge in [0.25, 0.3) is 0 Å². The summed E-state index contributed by atoms with van der Waals surface area (Å²) < 4.78 is 0. The van der Waals surface area contributed by atoms with E-state index in [1.165, 1.54) is 27.0 Å². The summed E-state index contributed by atoms with van der Waals surface area (Å²) in [6.45, 7) is 0. The van der Waals surface area contributed by atoms with Crippen LogP contribution in [0.25, 0.3) is 11.1 Å². The quantitative estimate of drug-likeness (QED) is 0.253. The van der Waals surface area contributed by atoms with Gasteiger partial charge in [0.1, 0.15) is 15.9 Å². The molecule has 0 fully saturated rings. The van der Waals surface area contributed by atoms with Gasteiger partial charge in [-0.1, -0.05) is 84.9 Å². The molecule has 0 saturated heterocycles. The standard InChI is InChI=1S/C24H19IP.HI/c25-26(21-14-6-2-7-15-21,22-16-8-3-9-17-22)24-19-11-10-18-23(24)20-12-4-1-5-13-20;/h1-19H;1H/q+1;/p-1. The molecule has 0 unspecified atom stereocenters. The second kappa shape index (κ2) is 9.31. The molecule has 0 aliphatic rings. The van der Waals surface area contributed by atoms with Crippen molar-refractivity contribution >= 4 is 42.9 Å². The molecule has 0 spiro atoms. The maximum atomic E-state index is 2.74. The zero-order valence-corrected chi connectivity index (χ0v) is 19.9. The molecule has 4 aromatic rings. The van der Waals surface area contributed by atoms with Crippen LogP contribution in [0.3, 0.4) is 0 Å². The van der Waals surface area contributed by atoms with Crippen LogP contribution < -0.4 is 39.9 Å². The Labute approximate surface area is 191 Å². The first-order valence-corrected chi connectivity index (χ1v) is 13.2. The fraction of sp³-hybridized carbons (Fsp3) is 0. The van der Waals surface area contributed by atoms with Crippen molar-refractivity contribution in [2.75, 3.05) is 0 Å². The first kappa shape index (κ1) is 20.5. The lowest BCUT2D eigenvalue weighted by molar-refractivity contribution is -0.00000474. The average Bonchev–Trinajstić information content (AvgIpc) is 2.75. The molecule has 4 aromatic carbocycles. The van der Waals surface area contributed by atoms with Crippen molar-refractivity contribution < 1.29 is 24.0 Å². The second-order valence-corrected chi connectivity index (χ2v) is 13.2. The molecule has 0 amide bonds. The minimum atomic E-state index is -1.76. The molecule has 0 N–H and O–H groups in total. The summed E-state index contributed by atoms with van der Waals surface area (Å²) in [7, 11) is 0. The Morgan fingerprint density at radius 1 is 0.481 bits per heavy atom. The highest BCUT2D eigenvalue weighted by molar-refractivity contribution is 14.2. The van der Waals surface area contributed by atoms with E-state index in [4.69, 9.17) is 0 Å². The van der Waals surface area contributed by atoms with Crippen LogP contribution in [0, 0.1) is 0 Å². The lowest BCUT2D eigenvalue weighted by Gasteiger charge is -2.22. The molecule has 0 radical (unpaired) electrons. The molecule has 0 atom stereocenters. The molecule has 0 heterocycles. The van der Waals surface area contributed by atoms with E-state index in [1.54, 1.807) is 0 Å². The molecule has 4 rings (SSSR count). The molecule has 0 bridgehead atoms. The van der Waals surface area contributed by atoms with Gasteiger partial charge < -0.3 is 24.0 Å². The van der Waals surface area contributed by atoms with Crippen molar-refractivity contribution in [3.8, 4) is 11.1 Å². The molecular formula is C24H19I2P. The second-order valence-electron chi connectivity index (χ2n) is 6.14. The number of halogens is 2. The topological polar surface area (TPSA) is 0 Å². The molecule has 0 saturated carbocycles. The Morgan fingerprint density at radius 3 is 1.41 bits per heavy atom. The largest absolute Gasteiger partial charge is 1.00 e. The molecule has 3 heteroatoms. The highest BCUT2D eigenvalue weighted by Crippen LogP contribution is 2.64. The van der Waals surface area contributed by atoms with Gasteiger partial charge in [0.2, 0.25) is 0 Å². The monoisotopic (exact) mass is 592 g/mol. The van der Waals surface area contributed by atoms with E-state index in [2.05, 4.69) is 137 Å². The van der Waals surface area contributed by atoms with Crippen LogP contribution in [-0.4, -0.2) is 0 Å². The van der Waals surface area contributed by atoms with Crippen molar-refractivity contribution in [3.63, 3.8) is 0 Å². The van der Waals surface area contributed by atoms with Crippen LogP contribution in [0.2, 0.25) is 0 Å². The molecule has 27 heavy (non-hydrogen) atoms. The van der Waals surface area contributed by atoms with E-state index in [0.29, 0.717) is 0 Å². The third kappa shape index (κ3) is 4.13. The minimum Gasteiger partial charge on any atom is -1.00 e. The average molecular weight is 592 g/mol. The SMILES string of the molecule is I[P+](c1ccccc1)(c1ccccc1)c1ccccc1-c1ccccc1.[I-]. The van der Waals surface area contributed by atoms with Crippen molar-refractivity contribution in [3.05, 3.63) is 115 Å². The summed E-state index contributed by atoms with van der Waals surface area (Å²) in [5, 5.41) is 4.22. The molecule has 134 valence electrons. The third-order valence-corrected chi connectivity index (χ3v) is 12.5. The van der Waals surface area contributed by atoms with Gasteiger partial charge in [-0.2, -0.15) is 0 Å². The van der Waals surface area contributed by atoms with Gasteiger partial charge in [-0.3, -0.25) is 0 Å². The van der Waals surface area contributed by atoms with Crippen LogP contribution in [0.5, 0.6) is 0 Å². The van der Waals surface area contributed by atoms with Crippen molar-refractivity contribution in [1.29, 1.82) is 0 Å². The van der Waals surface area contributed by atoms with Gasteiger partial charge >= 0.3 is 0 Å². The van der Waals surface area contributed by atoms with Gasteiger partial charge in [-0.15, -0.1) is 0 Å². The summed E-state index contributed by atoms with van der Waals surface area (Å²) >= 11 is 2.74. The van der Waals surface area contributed by atoms with E-state index in [1.807, 2.05) is 0 Å². The first-order chi connectivity index (χ1) is 12.8. The smallest absolute Gasteiger partial charge is 0.173 e. The van der Waals surface area contributed by atoms with E-state index >= 15 is 0 Å². The van der Waals surface area contributed by atoms with E-state index in [-0.39, 0.29) is 24.0 Å². The summed E-state index contributed by atoms with van der Waals surface area (Å²) in [5.74, 6) is 0. The summed E-state index contributed by atoms with van der Waals surface area (Å²) in [4.78, 5) is -1.76. The summed E-state index contributed by atoms with van der Waals surface area (Å²) in [6, 6.07) is 41.5. The van der Waals surface area contributed by atoms with Crippen molar-refractivity contribution in [2.45, 2.75) is 0 Å². The molecule has 0 aliphatic carbocycles. The van der Waals surface area contributed by atoms with Crippen molar-refractivity contribution in [2.24, 2.45) is 0 Å². The number of hydrogen-bond acceptors (Lipinski definition) is 0. The highest BCUT2D eigenvalue weighted by Gasteiger charge is 2.45. The molecule has 0 nitrogen and oxygen atoms in total. The number of rotatable bonds is 4. The zero-order chi connectivity index (χ0) is 17.8. The zero-order valence-electron chi connectivity index (χ0n) is 14.7. The van der Waals surface area contributed by atoms with Gasteiger partial charge in [0.15, 0.2) is 26.9 Å². The molecule has 0 aliphatic heterocycles. The summed E-state index contributed by atoms with van der Waals surface area (Å²) in [5.41, 5.74) is 2.60. The fourth-order valence-corrected chi connectivity index (χ4v) is 9.34. The van der Waals surface area contributed by atoms with Gasteiger partial charge in [0.05, 0.1) is 0 Å². The van der Waals surface area contributed by atoms with Crippen LogP contribution in [0.15, 0.2) is 115 Å². The Bertz CT molecular complexity index is 947. The Balaban J connectivity index is 0.00000210. The Hall–Kier alpha value is -1.23. The molecule has 0 aromatic heterocycles. The first-order valence-electron chi connectivity index (χ1n) is 8.65. The third-order valence-electron chi connectivity index (χ3n) is 4.54. The van der Waals surface area contributed by atoms with Crippen LogP contribution >= 0.6 is 26.9 Å². The van der Waals surface area contributed by atoms with Crippen molar-refractivity contribution in [1.82, 2.24) is 0 Å². The summed E-state index contributed by atoms with van der Waals surface area (Å²) in [6.07, 6.45) is 0. The van der Waals surface area contributed by atoms with Crippen LogP contribution in [0.1, 0.15) is 0 Å². The normalized spacial score (nSPS) is 10.9. The predicted octanol–water partition coefficient (Wildman–Crippen LogP) is 3.00. The number of hydrogen-bond donors (Lipinski definition) is 0. The maximum Gasteiger partial charge on any atom is 0.173 e. The minimum absolute atomic E-state index is 0. The van der Waals surface area contributed by atoms with E-state index in [0.717, 1.165) is 0 Å². The van der Waals surface area contributed by atoms with Gasteiger partial charge in [-0.05, 0) is 35.9 Å².